The van der Waals surface area contributed by atoms with E-state index in [0.717, 1.165) is 21.2 Å². The Bertz CT molecular complexity index is 664. The lowest BCUT2D eigenvalue weighted by molar-refractivity contribution is 1.25. The summed E-state index contributed by atoms with van der Waals surface area (Å²) >= 11 is 15.6. The van der Waals surface area contributed by atoms with Gasteiger partial charge in [-0.1, -0.05) is 75.5 Å². The SMILES string of the molecule is Cc1ccccc1/C(Cl)=N/N=C(\Cl)c1ccc(Br)cc1. The number of nitrogens with zero attached hydrogens (tertiary/aromatic N) is 2. The first kappa shape index (κ1) is 15.2. The second-order valence-electron chi connectivity index (χ2n) is 4.10. The van der Waals surface area contributed by atoms with Gasteiger partial charge in [-0.15, -0.1) is 10.2 Å². The lowest BCUT2D eigenvalue weighted by atomic mass is 10.1. The molecule has 0 saturated carbocycles. The van der Waals surface area contributed by atoms with E-state index in [-0.39, 0.29) is 0 Å². The Morgan fingerprint density at radius 3 is 2.15 bits per heavy atom. The zero-order valence-corrected chi connectivity index (χ0v) is 13.7. The molecule has 2 rings (SSSR count). The zero-order chi connectivity index (χ0) is 14.5. The molecule has 0 fully saturated rings. The molecule has 0 N–H and O–H groups in total. The van der Waals surface area contributed by atoms with Gasteiger partial charge in [-0.25, -0.2) is 0 Å². The number of hydrogen-bond donors (Lipinski definition) is 0. The summed E-state index contributed by atoms with van der Waals surface area (Å²) in [6.07, 6.45) is 0. The van der Waals surface area contributed by atoms with Gasteiger partial charge in [0.05, 0.1) is 0 Å². The van der Waals surface area contributed by atoms with Gasteiger partial charge in [-0.2, -0.15) is 0 Å². The molecule has 2 aromatic rings. The maximum atomic E-state index is 6.15. The largest absolute Gasteiger partial charge is 0.159 e. The predicted molar refractivity (Wildman–Crippen MR) is 90.1 cm³/mol. The fourth-order valence-electron chi connectivity index (χ4n) is 1.59. The summed E-state index contributed by atoms with van der Waals surface area (Å²) in [6.45, 7) is 1.97. The molecule has 0 bridgehead atoms. The normalized spacial score (nSPS) is 12.6. The van der Waals surface area contributed by atoms with Crippen LogP contribution in [0.5, 0.6) is 0 Å². The molecule has 0 atom stereocenters. The summed E-state index contributed by atoms with van der Waals surface area (Å²) in [7, 11) is 0. The highest BCUT2D eigenvalue weighted by atomic mass is 79.9. The molecule has 0 aliphatic rings. The highest BCUT2D eigenvalue weighted by Gasteiger charge is 2.04. The molecule has 0 heterocycles. The first-order chi connectivity index (χ1) is 9.58. The number of halogens is 3. The van der Waals surface area contributed by atoms with Crippen LogP contribution in [-0.4, -0.2) is 10.3 Å². The quantitative estimate of drug-likeness (QED) is 0.515. The third kappa shape index (κ3) is 3.92. The average molecular weight is 370 g/mol. The molecule has 0 spiro atoms. The number of aryl methyl sites for hydroxylation is 1. The second kappa shape index (κ2) is 7.02. The van der Waals surface area contributed by atoms with Crippen LogP contribution in [0.15, 0.2) is 63.2 Å². The van der Waals surface area contributed by atoms with Gasteiger partial charge in [0.2, 0.25) is 0 Å². The van der Waals surface area contributed by atoms with Gasteiger partial charge in [-0.3, -0.25) is 0 Å². The highest BCUT2D eigenvalue weighted by Crippen LogP contribution is 2.14. The molecule has 0 saturated heterocycles. The van der Waals surface area contributed by atoms with E-state index in [0.29, 0.717) is 10.3 Å². The van der Waals surface area contributed by atoms with Crippen molar-refractivity contribution in [3.63, 3.8) is 0 Å². The average Bonchev–Trinajstić information content (AvgIpc) is 2.45. The Balaban J connectivity index is 2.25. The maximum absolute atomic E-state index is 6.15. The van der Waals surface area contributed by atoms with E-state index in [2.05, 4.69) is 26.1 Å². The predicted octanol–water partition coefficient (Wildman–Crippen LogP) is 5.34. The van der Waals surface area contributed by atoms with Gasteiger partial charge >= 0.3 is 0 Å². The van der Waals surface area contributed by atoms with Crippen molar-refractivity contribution in [3.05, 3.63) is 69.7 Å². The van der Waals surface area contributed by atoms with Crippen molar-refractivity contribution in [2.75, 3.05) is 0 Å². The van der Waals surface area contributed by atoms with Crippen molar-refractivity contribution in [2.45, 2.75) is 6.92 Å². The molecule has 0 aromatic heterocycles. The Labute approximate surface area is 136 Å². The second-order valence-corrected chi connectivity index (χ2v) is 5.74. The van der Waals surface area contributed by atoms with E-state index in [1.54, 1.807) is 0 Å². The standard InChI is InChI=1S/C15H11BrCl2N2/c1-10-4-2-3-5-13(10)15(18)20-19-14(17)11-6-8-12(16)9-7-11/h2-9H,1H3/b19-14-,20-15-. The van der Waals surface area contributed by atoms with Crippen LogP contribution in [0, 0.1) is 6.92 Å². The minimum Gasteiger partial charge on any atom is -0.136 e. The highest BCUT2D eigenvalue weighted by molar-refractivity contribution is 9.10. The summed E-state index contributed by atoms with van der Waals surface area (Å²) < 4.78 is 0.979. The summed E-state index contributed by atoms with van der Waals surface area (Å²) in [5, 5.41) is 8.56. The minimum absolute atomic E-state index is 0.296. The van der Waals surface area contributed by atoms with Crippen LogP contribution in [0.3, 0.4) is 0 Å². The van der Waals surface area contributed by atoms with Crippen LogP contribution < -0.4 is 0 Å². The van der Waals surface area contributed by atoms with E-state index < -0.39 is 0 Å². The van der Waals surface area contributed by atoms with Crippen LogP contribution in [-0.2, 0) is 0 Å². The number of benzene rings is 2. The Morgan fingerprint density at radius 2 is 1.50 bits per heavy atom. The van der Waals surface area contributed by atoms with Gasteiger partial charge in [-0.05, 0) is 24.6 Å². The first-order valence-electron chi connectivity index (χ1n) is 5.86. The number of hydrogen-bond acceptors (Lipinski definition) is 2. The zero-order valence-electron chi connectivity index (χ0n) is 10.6. The lowest BCUT2D eigenvalue weighted by Crippen LogP contribution is -1.95. The molecule has 2 nitrogen and oxygen atoms in total. The Hall–Kier alpha value is -1.16. The summed E-state index contributed by atoms with van der Waals surface area (Å²) in [6, 6.07) is 15.2. The van der Waals surface area contributed by atoms with Crippen LogP contribution in [0.25, 0.3) is 0 Å². The van der Waals surface area contributed by atoms with Gasteiger partial charge in [0, 0.05) is 15.6 Å². The maximum Gasteiger partial charge on any atom is 0.159 e. The Morgan fingerprint density at radius 1 is 0.900 bits per heavy atom. The molecule has 0 aliphatic heterocycles. The van der Waals surface area contributed by atoms with E-state index in [1.165, 1.54) is 0 Å². The molecule has 0 unspecified atom stereocenters. The van der Waals surface area contributed by atoms with Crippen LogP contribution in [0.4, 0.5) is 0 Å². The molecular weight excluding hydrogens is 359 g/mol. The van der Waals surface area contributed by atoms with Crippen molar-refractivity contribution in [1.29, 1.82) is 0 Å². The molecule has 0 aliphatic carbocycles. The molecule has 0 amide bonds. The summed E-state index contributed by atoms with van der Waals surface area (Å²) in [5.74, 6) is 0. The third-order valence-corrected chi connectivity index (χ3v) is 3.78. The van der Waals surface area contributed by atoms with Crippen LogP contribution in [0.1, 0.15) is 16.7 Å². The molecule has 2 aromatic carbocycles. The van der Waals surface area contributed by atoms with Crippen LogP contribution >= 0.6 is 39.1 Å². The van der Waals surface area contributed by atoms with Gasteiger partial charge in [0.15, 0.2) is 10.3 Å². The molecule has 5 heteroatoms. The number of rotatable bonds is 3. The molecular formula is C15H11BrCl2N2. The fourth-order valence-corrected chi connectivity index (χ4v) is 2.27. The van der Waals surface area contributed by atoms with Gasteiger partial charge in [0.25, 0.3) is 0 Å². The van der Waals surface area contributed by atoms with Gasteiger partial charge < -0.3 is 0 Å². The third-order valence-electron chi connectivity index (χ3n) is 2.68. The van der Waals surface area contributed by atoms with Crippen molar-refractivity contribution in [2.24, 2.45) is 10.2 Å². The first-order valence-corrected chi connectivity index (χ1v) is 7.41. The monoisotopic (exact) mass is 368 g/mol. The minimum atomic E-state index is 0.296. The van der Waals surface area contributed by atoms with E-state index in [1.807, 2.05) is 55.5 Å². The van der Waals surface area contributed by atoms with Crippen LogP contribution in [0.2, 0.25) is 0 Å². The molecule has 20 heavy (non-hydrogen) atoms. The summed E-state index contributed by atoms with van der Waals surface area (Å²) in [4.78, 5) is 0. The topological polar surface area (TPSA) is 24.7 Å². The van der Waals surface area contributed by atoms with E-state index in [4.69, 9.17) is 23.2 Å². The molecule has 102 valence electrons. The van der Waals surface area contributed by atoms with E-state index >= 15 is 0 Å². The fraction of sp³-hybridized carbons (Fsp3) is 0.0667. The van der Waals surface area contributed by atoms with E-state index in [9.17, 15) is 0 Å². The smallest absolute Gasteiger partial charge is 0.136 e. The summed E-state index contributed by atoms with van der Waals surface area (Å²) in [5.41, 5.74) is 2.67. The van der Waals surface area contributed by atoms with Crippen molar-refractivity contribution in [1.82, 2.24) is 0 Å². The van der Waals surface area contributed by atoms with Crippen molar-refractivity contribution < 1.29 is 0 Å². The lowest BCUT2D eigenvalue weighted by Gasteiger charge is -2.01. The van der Waals surface area contributed by atoms with Gasteiger partial charge in [0.1, 0.15) is 0 Å². The molecule has 0 radical (unpaired) electrons. The van der Waals surface area contributed by atoms with Crippen molar-refractivity contribution >= 4 is 49.5 Å². The Kier molecular flexibility index (Phi) is 5.35. The van der Waals surface area contributed by atoms with Crippen molar-refractivity contribution in [3.8, 4) is 0 Å².